The van der Waals surface area contributed by atoms with Gasteiger partial charge in [-0.3, -0.25) is 4.79 Å². The molecule has 0 radical (unpaired) electrons. The van der Waals surface area contributed by atoms with Crippen molar-refractivity contribution in [3.63, 3.8) is 0 Å². The Bertz CT molecular complexity index is 777. The highest BCUT2D eigenvalue weighted by Gasteiger charge is 2.32. The standard InChI is InChI=1S/C19H19N3O3/c1-2-24-16-7-5-14(6-8-16)10-18(23)22-12-17(13-22)25-19-15(11-20)4-3-9-21-19/h3-9,17H,2,10,12-13H2,1H3. The number of ether oxygens (including phenoxy) is 2. The monoisotopic (exact) mass is 337 g/mol. The maximum atomic E-state index is 12.3. The summed E-state index contributed by atoms with van der Waals surface area (Å²) in [5.74, 6) is 1.19. The number of hydrogen-bond acceptors (Lipinski definition) is 5. The minimum absolute atomic E-state index is 0.0607. The SMILES string of the molecule is CCOc1ccc(CC(=O)N2CC(Oc3ncccc3C#N)C2)cc1. The first-order chi connectivity index (χ1) is 12.2. The molecule has 0 bridgehead atoms. The van der Waals surface area contributed by atoms with Gasteiger partial charge in [0, 0.05) is 6.20 Å². The summed E-state index contributed by atoms with van der Waals surface area (Å²) in [5.41, 5.74) is 1.36. The molecule has 25 heavy (non-hydrogen) atoms. The van der Waals surface area contributed by atoms with Crippen LogP contribution in [0.15, 0.2) is 42.6 Å². The van der Waals surface area contributed by atoms with Gasteiger partial charge in [0.1, 0.15) is 23.5 Å². The number of rotatable bonds is 6. The number of nitrogens with zero attached hydrogens (tertiary/aromatic N) is 3. The van der Waals surface area contributed by atoms with Crippen molar-refractivity contribution in [1.82, 2.24) is 9.88 Å². The Morgan fingerprint density at radius 2 is 2.08 bits per heavy atom. The molecule has 0 spiro atoms. The predicted octanol–water partition coefficient (Wildman–Crippen LogP) is 2.18. The molecule has 0 atom stereocenters. The molecule has 1 fully saturated rings. The number of likely N-dealkylation sites (tertiary alicyclic amines) is 1. The van der Waals surface area contributed by atoms with E-state index in [4.69, 9.17) is 14.7 Å². The van der Waals surface area contributed by atoms with Crippen LogP contribution in [0.2, 0.25) is 0 Å². The number of nitriles is 1. The van der Waals surface area contributed by atoms with E-state index in [9.17, 15) is 4.79 Å². The third-order valence-electron chi connectivity index (χ3n) is 3.96. The number of amides is 1. The van der Waals surface area contributed by atoms with Crippen LogP contribution in [-0.4, -0.2) is 41.6 Å². The fourth-order valence-corrected chi connectivity index (χ4v) is 2.60. The second-order valence-electron chi connectivity index (χ2n) is 5.76. The Balaban J connectivity index is 1.49. The molecule has 0 unspecified atom stereocenters. The van der Waals surface area contributed by atoms with Crippen LogP contribution < -0.4 is 9.47 Å². The van der Waals surface area contributed by atoms with Gasteiger partial charge in [-0.25, -0.2) is 4.98 Å². The van der Waals surface area contributed by atoms with Crippen LogP contribution in [0.5, 0.6) is 11.6 Å². The lowest BCUT2D eigenvalue weighted by atomic mass is 10.1. The number of pyridine rings is 1. The van der Waals surface area contributed by atoms with Gasteiger partial charge in [-0.15, -0.1) is 0 Å². The second kappa shape index (κ2) is 7.67. The van der Waals surface area contributed by atoms with Crippen LogP contribution in [-0.2, 0) is 11.2 Å². The van der Waals surface area contributed by atoms with E-state index in [2.05, 4.69) is 11.1 Å². The first kappa shape index (κ1) is 16.8. The first-order valence-electron chi connectivity index (χ1n) is 8.21. The van der Waals surface area contributed by atoms with Crippen LogP contribution in [0.4, 0.5) is 0 Å². The van der Waals surface area contributed by atoms with Crippen LogP contribution in [0.1, 0.15) is 18.1 Å². The van der Waals surface area contributed by atoms with Gasteiger partial charge in [0.15, 0.2) is 0 Å². The Morgan fingerprint density at radius 3 is 2.76 bits per heavy atom. The van der Waals surface area contributed by atoms with Crippen molar-refractivity contribution >= 4 is 5.91 Å². The molecule has 0 N–H and O–H groups in total. The van der Waals surface area contributed by atoms with Gasteiger partial charge < -0.3 is 14.4 Å². The topological polar surface area (TPSA) is 75.4 Å². The molecule has 1 aromatic heterocycles. The quantitative estimate of drug-likeness (QED) is 0.807. The highest BCUT2D eigenvalue weighted by Crippen LogP contribution is 2.20. The smallest absolute Gasteiger partial charge is 0.232 e. The summed E-state index contributed by atoms with van der Waals surface area (Å²) in [4.78, 5) is 18.1. The van der Waals surface area contributed by atoms with E-state index >= 15 is 0 Å². The van der Waals surface area contributed by atoms with Crippen molar-refractivity contribution in [3.05, 3.63) is 53.7 Å². The van der Waals surface area contributed by atoms with Gasteiger partial charge in [-0.2, -0.15) is 5.26 Å². The van der Waals surface area contributed by atoms with Gasteiger partial charge in [0.25, 0.3) is 0 Å². The van der Waals surface area contributed by atoms with E-state index in [1.54, 1.807) is 23.2 Å². The van der Waals surface area contributed by atoms with Crippen molar-refractivity contribution in [2.24, 2.45) is 0 Å². The summed E-state index contributed by atoms with van der Waals surface area (Å²) in [5, 5.41) is 9.04. The fourth-order valence-electron chi connectivity index (χ4n) is 2.60. The van der Waals surface area contributed by atoms with E-state index in [-0.39, 0.29) is 12.0 Å². The van der Waals surface area contributed by atoms with Gasteiger partial charge >= 0.3 is 0 Å². The van der Waals surface area contributed by atoms with E-state index in [1.807, 2.05) is 31.2 Å². The lowest BCUT2D eigenvalue weighted by Gasteiger charge is -2.38. The molecule has 1 aliphatic heterocycles. The molecule has 3 rings (SSSR count). The van der Waals surface area contributed by atoms with Crippen LogP contribution in [0, 0.1) is 11.3 Å². The number of hydrogen-bond donors (Lipinski definition) is 0. The maximum Gasteiger partial charge on any atom is 0.232 e. The maximum absolute atomic E-state index is 12.3. The third-order valence-corrected chi connectivity index (χ3v) is 3.96. The largest absolute Gasteiger partial charge is 0.494 e. The predicted molar refractivity (Wildman–Crippen MR) is 91.3 cm³/mol. The van der Waals surface area contributed by atoms with Crippen LogP contribution >= 0.6 is 0 Å². The van der Waals surface area contributed by atoms with Crippen molar-refractivity contribution in [1.29, 1.82) is 5.26 Å². The number of carbonyl (C=O) groups excluding carboxylic acids is 1. The number of carbonyl (C=O) groups is 1. The average molecular weight is 337 g/mol. The lowest BCUT2D eigenvalue weighted by molar-refractivity contribution is -0.139. The lowest BCUT2D eigenvalue weighted by Crippen LogP contribution is -2.56. The van der Waals surface area contributed by atoms with Gasteiger partial charge in [0.2, 0.25) is 11.8 Å². The van der Waals surface area contributed by atoms with Crippen LogP contribution in [0.3, 0.4) is 0 Å². The Kier molecular flexibility index (Phi) is 5.14. The van der Waals surface area contributed by atoms with Gasteiger partial charge in [-0.1, -0.05) is 12.1 Å². The second-order valence-corrected chi connectivity index (χ2v) is 5.76. The molecular weight excluding hydrogens is 318 g/mol. The molecular formula is C19H19N3O3. The van der Waals surface area contributed by atoms with Crippen LogP contribution in [0.25, 0.3) is 0 Å². The first-order valence-corrected chi connectivity index (χ1v) is 8.21. The highest BCUT2D eigenvalue weighted by atomic mass is 16.5. The zero-order chi connectivity index (χ0) is 17.6. The van der Waals surface area contributed by atoms with Gasteiger partial charge in [-0.05, 0) is 36.8 Å². The van der Waals surface area contributed by atoms with Crippen molar-refractivity contribution < 1.29 is 14.3 Å². The summed E-state index contributed by atoms with van der Waals surface area (Å²) in [6.07, 6.45) is 1.82. The average Bonchev–Trinajstić information content (AvgIpc) is 2.60. The summed E-state index contributed by atoms with van der Waals surface area (Å²) in [6.45, 7) is 3.58. The molecule has 1 amide bonds. The molecule has 1 saturated heterocycles. The Morgan fingerprint density at radius 1 is 1.32 bits per heavy atom. The zero-order valence-corrected chi connectivity index (χ0v) is 14.0. The van der Waals surface area contributed by atoms with Gasteiger partial charge in [0.05, 0.1) is 26.1 Å². The Labute approximate surface area is 146 Å². The minimum Gasteiger partial charge on any atom is -0.494 e. The summed E-state index contributed by atoms with van der Waals surface area (Å²) in [6, 6.07) is 13.0. The molecule has 1 aliphatic rings. The molecule has 128 valence electrons. The Hall–Kier alpha value is -3.07. The van der Waals surface area contributed by atoms with Crippen molar-refractivity contribution in [2.75, 3.05) is 19.7 Å². The minimum atomic E-state index is -0.119. The van der Waals surface area contributed by atoms with E-state index in [1.165, 1.54) is 0 Å². The van der Waals surface area contributed by atoms with Crippen molar-refractivity contribution in [3.8, 4) is 17.7 Å². The molecule has 6 heteroatoms. The van der Waals surface area contributed by atoms with E-state index in [0.717, 1.165) is 11.3 Å². The summed E-state index contributed by atoms with van der Waals surface area (Å²) < 4.78 is 11.1. The summed E-state index contributed by atoms with van der Waals surface area (Å²) in [7, 11) is 0. The number of benzene rings is 1. The van der Waals surface area contributed by atoms with E-state index < -0.39 is 0 Å². The molecule has 0 saturated carbocycles. The molecule has 1 aromatic carbocycles. The van der Waals surface area contributed by atoms with Crippen molar-refractivity contribution in [2.45, 2.75) is 19.4 Å². The van der Waals surface area contributed by atoms with E-state index in [0.29, 0.717) is 37.6 Å². The summed E-state index contributed by atoms with van der Waals surface area (Å²) >= 11 is 0. The highest BCUT2D eigenvalue weighted by molar-refractivity contribution is 5.79. The zero-order valence-electron chi connectivity index (χ0n) is 14.0. The number of aromatic nitrogens is 1. The molecule has 0 aliphatic carbocycles. The molecule has 2 aromatic rings. The molecule has 2 heterocycles. The fraction of sp³-hybridized carbons (Fsp3) is 0.316. The molecule has 6 nitrogen and oxygen atoms in total. The normalized spacial score (nSPS) is 13.7. The third kappa shape index (κ3) is 4.07.